The van der Waals surface area contributed by atoms with Crippen molar-refractivity contribution >= 4 is 0 Å². The molecule has 0 N–H and O–H groups in total. The van der Waals surface area contributed by atoms with Gasteiger partial charge < -0.3 is 16.9 Å². The van der Waals surface area contributed by atoms with Crippen LogP contribution >= 0.6 is 0 Å². The average Bonchev–Trinajstić information content (AvgIpc) is 1.62. The van der Waals surface area contributed by atoms with Crippen LogP contribution in [0, 0.1) is 0 Å². The molecule has 0 aliphatic carbocycles. The number of nitrogens with zero attached hydrogens (tertiary/aromatic N) is 1. The Labute approximate surface area is 64.4 Å². The Morgan fingerprint density at radius 3 is 1.56 bits per heavy atom. The van der Waals surface area contributed by atoms with E-state index in [9.17, 15) is 0 Å². The van der Waals surface area contributed by atoms with Crippen LogP contribution in [0.2, 0.25) is 0 Å². The van der Waals surface area contributed by atoms with Crippen molar-refractivity contribution in [1.29, 1.82) is 0 Å². The van der Waals surface area contributed by atoms with Gasteiger partial charge in [0.05, 0.1) is 21.1 Å². The smallest absolute Gasteiger partial charge is 0.101 e. The van der Waals surface area contributed by atoms with Gasteiger partial charge in [-0.3, -0.25) is 0 Å². The van der Waals surface area contributed by atoms with Crippen LogP contribution in [0.4, 0.5) is 0 Å². The maximum absolute atomic E-state index is 2.16. The van der Waals surface area contributed by atoms with Crippen molar-refractivity contribution in [1.82, 2.24) is 0 Å². The predicted octanol–water partition coefficient (Wildman–Crippen LogP) is -1.38. The quantitative estimate of drug-likeness (QED) is 0.404. The number of halogens is 1. The topological polar surface area (TPSA) is 0 Å². The molecule has 0 aliphatic heterocycles. The Hall–Kier alpha value is -0.0100. The van der Waals surface area contributed by atoms with Crippen molar-refractivity contribution in [2.24, 2.45) is 0 Å². The summed E-state index contributed by atoms with van der Waals surface area (Å²) in [6, 6.07) is 0. The summed E-state index contributed by atoms with van der Waals surface area (Å²) in [6.45, 7) is 4.21. The lowest BCUT2D eigenvalue weighted by Gasteiger charge is -2.23. The van der Waals surface area contributed by atoms with E-state index < -0.39 is 0 Å². The Bertz CT molecular complexity index is 100.0. The Morgan fingerprint density at radius 1 is 1.22 bits per heavy atom. The van der Waals surface area contributed by atoms with Crippen molar-refractivity contribution < 1.29 is 16.9 Å². The molecule has 2 heteroatoms. The number of hydrogen-bond donors (Lipinski definition) is 0. The molecule has 0 aliphatic rings. The summed E-state index contributed by atoms with van der Waals surface area (Å²) in [4.78, 5) is 0. The van der Waals surface area contributed by atoms with Crippen molar-refractivity contribution in [3.63, 3.8) is 0 Å². The van der Waals surface area contributed by atoms with Gasteiger partial charge in [0, 0.05) is 6.92 Å². The van der Waals surface area contributed by atoms with Gasteiger partial charge in [0.1, 0.15) is 5.70 Å². The second kappa shape index (κ2) is 3.91. The molecule has 0 fully saturated rings. The molecule has 56 valence electrons. The van der Waals surface area contributed by atoms with Gasteiger partial charge in [-0.2, -0.15) is 0 Å². The Kier molecular flexibility index (Phi) is 5.11. The highest BCUT2D eigenvalue weighted by Crippen LogP contribution is 2.03. The first-order valence-electron chi connectivity index (χ1n) is 2.93. The average molecular weight is 150 g/mol. The summed E-state index contributed by atoms with van der Waals surface area (Å²) in [6.07, 6.45) is 2.14. The third-order valence-corrected chi connectivity index (χ3v) is 1.48. The van der Waals surface area contributed by atoms with E-state index in [-0.39, 0.29) is 12.4 Å². The molecule has 0 radical (unpaired) electrons. The minimum atomic E-state index is 0. The Morgan fingerprint density at radius 2 is 1.56 bits per heavy atom. The second-order valence-electron chi connectivity index (χ2n) is 2.94. The van der Waals surface area contributed by atoms with Gasteiger partial charge in [0.15, 0.2) is 0 Å². The first-order chi connectivity index (χ1) is 3.48. The summed E-state index contributed by atoms with van der Waals surface area (Å²) in [5.41, 5.74) is 1.39. The van der Waals surface area contributed by atoms with Crippen LogP contribution in [0.25, 0.3) is 0 Å². The molecular weight excluding hydrogens is 134 g/mol. The van der Waals surface area contributed by atoms with E-state index >= 15 is 0 Å². The maximum Gasteiger partial charge on any atom is 0.101 e. The summed E-state index contributed by atoms with van der Waals surface area (Å²) < 4.78 is 0.941. The van der Waals surface area contributed by atoms with Crippen LogP contribution in [0.5, 0.6) is 0 Å². The molecular formula is C7H16ClN. The fraction of sp³-hybridized carbons (Fsp3) is 0.714. The van der Waals surface area contributed by atoms with E-state index in [1.165, 1.54) is 5.70 Å². The SMILES string of the molecule is CC=C(C)[N+](C)(C)C.[Cl-]. The number of hydrogen-bond acceptors (Lipinski definition) is 0. The summed E-state index contributed by atoms with van der Waals surface area (Å²) >= 11 is 0. The molecule has 0 spiro atoms. The molecule has 0 aromatic heterocycles. The monoisotopic (exact) mass is 149 g/mol. The molecule has 0 bridgehead atoms. The fourth-order valence-corrected chi connectivity index (χ4v) is 0.387. The van der Waals surface area contributed by atoms with Gasteiger partial charge in [-0.05, 0) is 13.0 Å². The van der Waals surface area contributed by atoms with E-state index in [0.29, 0.717) is 0 Å². The fourth-order valence-electron chi connectivity index (χ4n) is 0.387. The standard InChI is InChI=1S/C7H16N.ClH/c1-6-7(2)8(3,4)5;/h6H,1-5H3;1H/q+1;/p-1. The maximum atomic E-state index is 2.16. The number of quaternary nitrogens is 1. The zero-order valence-corrected chi connectivity index (χ0v) is 7.66. The largest absolute Gasteiger partial charge is 1.00 e. The minimum Gasteiger partial charge on any atom is -1.00 e. The molecule has 0 saturated carbocycles. The van der Waals surface area contributed by atoms with E-state index in [4.69, 9.17) is 0 Å². The van der Waals surface area contributed by atoms with Gasteiger partial charge in [-0.15, -0.1) is 0 Å². The van der Waals surface area contributed by atoms with Crippen LogP contribution in [-0.2, 0) is 0 Å². The van der Waals surface area contributed by atoms with Crippen molar-refractivity contribution in [3.8, 4) is 0 Å². The number of rotatable bonds is 1. The van der Waals surface area contributed by atoms with Gasteiger partial charge in [0.2, 0.25) is 0 Å². The third-order valence-electron chi connectivity index (χ3n) is 1.48. The highest BCUT2D eigenvalue weighted by molar-refractivity contribution is 4.83. The van der Waals surface area contributed by atoms with Crippen LogP contribution in [-0.4, -0.2) is 25.6 Å². The Balaban J connectivity index is 0. The zero-order chi connectivity index (χ0) is 6.78. The predicted molar refractivity (Wildman–Crippen MR) is 37.5 cm³/mol. The van der Waals surface area contributed by atoms with Gasteiger partial charge in [-0.1, -0.05) is 0 Å². The van der Waals surface area contributed by atoms with Crippen LogP contribution in [0.1, 0.15) is 13.8 Å². The van der Waals surface area contributed by atoms with Crippen LogP contribution < -0.4 is 12.4 Å². The summed E-state index contributed by atoms with van der Waals surface area (Å²) in [5, 5.41) is 0. The normalized spacial score (nSPS) is 12.8. The van der Waals surface area contributed by atoms with Gasteiger partial charge >= 0.3 is 0 Å². The lowest BCUT2D eigenvalue weighted by Crippen LogP contribution is -3.00. The molecule has 0 saturated heterocycles. The number of allylic oxidation sites excluding steroid dienone is 2. The summed E-state index contributed by atoms with van der Waals surface area (Å²) in [5.74, 6) is 0. The lowest BCUT2D eigenvalue weighted by atomic mass is 10.4. The minimum absolute atomic E-state index is 0. The van der Waals surface area contributed by atoms with Crippen LogP contribution in [0.15, 0.2) is 11.8 Å². The van der Waals surface area contributed by atoms with Crippen molar-refractivity contribution in [2.75, 3.05) is 21.1 Å². The molecule has 0 rings (SSSR count). The molecule has 1 nitrogen and oxygen atoms in total. The zero-order valence-electron chi connectivity index (χ0n) is 6.90. The molecule has 0 aromatic carbocycles. The molecule has 0 amide bonds. The van der Waals surface area contributed by atoms with E-state index in [2.05, 4.69) is 41.1 Å². The van der Waals surface area contributed by atoms with E-state index in [1.807, 2.05) is 0 Å². The third kappa shape index (κ3) is 4.49. The molecule has 0 atom stereocenters. The lowest BCUT2D eigenvalue weighted by molar-refractivity contribution is -0.831. The summed E-state index contributed by atoms with van der Waals surface area (Å²) in [7, 11) is 6.49. The van der Waals surface area contributed by atoms with Gasteiger partial charge in [0.25, 0.3) is 0 Å². The highest BCUT2D eigenvalue weighted by atomic mass is 35.5. The second-order valence-corrected chi connectivity index (χ2v) is 2.94. The van der Waals surface area contributed by atoms with E-state index in [1.54, 1.807) is 0 Å². The molecule has 0 unspecified atom stereocenters. The van der Waals surface area contributed by atoms with Crippen molar-refractivity contribution in [2.45, 2.75) is 13.8 Å². The van der Waals surface area contributed by atoms with Gasteiger partial charge in [-0.25, -0.2) is 0 Å². The first kappa shape index (κ1) is 11.7. The molecule has 0 heterocycles. The molecule has 9 heavy (non-hydrogen) atoms. The van der Waals surface area contributed by atoms with E-state index in [0.717, 1.165) is 4.48 Å². The van der Waals surface area contributed by atoms with Crippen LogP contribution in [0.3, 0.4) is 0 Å². The first-order valence-corrected chi connectivity index (χ1v) is 2.93. The highest BCUT2D eigenvalue weighted by Gasteiger charge is 2.07. The molecule has 0 aromatic rings. The van der Waals surface area contributed by atoms with Crippen molar-refractivity contribution in [3.05, 3.63) is 11.8 Å².